The molecule has 1 saturated heterocycles. The first kappa shape index (κ1) is 12.1. The van der Waals surface area contributed by atoms with E-state index in [1.165, 1.54) is 0 Å². The molecule has 0 radical (unpaired) electrons. The van der Waals surface area contributed by atoms with Crippen molar-refractivity contribution in [3.63, 3.8) is 0 Å². The zero-order chi connectivity index (χ0) is 12.5. The Bertz CT molecular complexity index is 356. The van der Waals surface area contributed by atoms with Crippen molar-refractivity contribution >= 4 is 11.9 Å². The molecule has 2 amide bonds. The number of urea groups is 1. The molecule has 94 valence electrons. The molecule has 0 aromatic rings. The van der Waals surface area contributed by atoms with Crippen LogP contribution in [0.5, 0.6) is 0 Å². The predicted molar refractivity (Wildman–Crippen MR) is 68.0 cm³/mol. The van der Waals surface area contributed by atoms with E-state index in [-0.39, 0.29) is 11.6 Å². The highest BCUT2D eigenvalue weighted by Crippen LogP contribution is 2.33. The van der Waals surface area contributed by atoms with Gasteiger partial charge in [0.15, 0.2) is 0 Å². The second kappa shape index (κ2) is 4.49. The van der Waals surface area contributed by atoms with Crippen LogP contribution < -0.4 is 5.73 Å². The summed E-state index contributed by atoms with van der Waals surface area (Å²) in [6, 6.07) is -0.215. The third-order valence-corrected chi connectivity index (χ3v) is 3.88. The van der Waals surface area contributed by atoms with Crippen molar-refractivity contribution in [3.8, 4) is 0 Å². The van der Waals surface area contributed by atoms with E-state index in [0.717, 1.165) is 32.5 Å². The maximum absolute atomic E-state index is 11.8. The molecule has 0 aromatic heterocycles. The molecular formula is C12H20N4O. The average Bonchev–Trinajstić information content (AvgIpc) is 2.55. The standard InChI is InChI=1S/C12H20N4O/c1-3-7-16-11(17)14-10(13)12(16)5-8-15(4-2)9-6-12/h3H,1,4-9H2,2H3,(H2,13,14,17). The molecule has 0 atom stereocenters. The highest BCUT2D eigenvalue weighted by atomic mass is 16.2. The first-order chi connectivity index (χ1) is 8.14. The van der Waals surface area contributed by atoms with Gasteiger partial charge < -0.3 is 15.5 Å². The molecule has 17 heavy (non-hydrogen) atoms. The Hall–Kier alpha value is -1.36. The van der Waals surface area contributed by atoms with Gasteiger partial charge in [-0.3, -0.25) is 0 Å². The summed E-state index contributed by atoms with van der Waals surface area (Å²) in [4.78, 5) is 19.9. The minimum absolute atomic E-state index is 0.215. The number of nitrogens with two attached hydrogens (primary N) is 1. The fourth-order valence-corrected chi connectivity index (χ4v) is 2.74. The molecule has 1 spiro atoms. The van der Waals surface area contributed by atoms with Crippen molar-refractivity contribution in [3.05, 3.63) is 12.7 Å². The van der Waals surface area contributed by atoms with Crippen LogP contribution in [0.2, 0.25) is 0 Å². The summed E-state index contributed by atoms with van der Waals surface area (Å²) in [6.45, 7) is 9.35. The number of rotatable bonds is 3. The Labute approximate surface area is 102 Å². The van der Waals surface area contributed by atoms with Crippen LogP contribution in [0.15, 0.2) is 17.6 Å². The zero-order valence-corrected chi connectivity index (χ0v) is 10.4. The van der Waals surface area contributed by atoms with Gasteiger partial charge in [0.1, 0.15) is 11.4 Å². The highest BCUT2D eigenvalue weighted by molar-refractivity contribution is 6.06. The lowest BCUT2D eigenvalue weighted by Crippen LogP contribution is -2.59. The average molecular weight is 236 g/mol. The summed E-state index contributed by atoms with van der Waals surface area (Å²) in [5.74, 6) is 0.486. The van der Waals surface area contributed by atoms with E-state index in [2.05, 4.69) is 23.4 Å². The Kier molecular flexibility index (Phi) is 3.19. The van der Waals surface area contributed by atoms with Crippen molar-refractivity contribution in [2.75, 3.05) is 26.2 Å². The van der Waals surface area contributed by atoms with Gasteiger partial charge in [-0.15, -0.1) is 6.58 Å². The monoisotopic (exact) mass is 236 g/mol. The van der Waals surface area contributed by atoms with Crippen LogP contribution in [0, 0.1) is 0 Å². The van der Waals surface area contributed by atoms with E-state index in [1.807, 2.05) is 0 Å². The lowest BCUT2D eigenvalue weighted by atomic mass is 9.85. The quantitative estimate of drug-likeness (QED) is 0.738. The molecule has 5 nitrogen and oxygen atoms in total. The molecule has 5 heteroatoms. The molecule has 0 aliphatic carbocycles. The summed E-state index contributed by atoms with van der Waals surface area (Å²) >= 11 is 0. The molecule has 0 unspecified atom stereocenters. The van der Waals surface area contributed by atoms with Crippen molar-refractivity contribution < 1.29 is 4.79 Å². The lowest BCUT2D eigenvalue weighted by molar-refractivity contribution is 0.110. The number of hydrogen-bond acceptors (Lipinski definition) is 3. The number of carbonyl (C=O) groups is 1. The maximum Gasteiger partial charge on any atom is 0.346 e. The molecule has 2 heterocycles. The van der Waals surface area contributed by atoms with Crippen molar-refractivity contribution in [1.82, 2.24) is 9.80 Å². The van der Waals surface area contributed by atoms with Crippen LogP contribution in [0.1, 0.15) is 19.8 Å². The maximum atomic E-state index is 11.8. The number of hydrogen-bond donors (Lipinski definition) is 1. The molecule has 1 fully saturated rings. The third-order valence-electron chi connectivity index (χ3n) is 3.88. The minimum Gasteiger partial charge on any atom is -0.385 e. The van der Waals surface area contributed by atoms with Crippen molar-refractivity contribution in [1.29, 1.82) is 0 Å². The molecule has 0 bridgehead atoms. The van der Waals surface area contributed by atoms with E-state index in [1.54, 1.807) is 11.0 Å². The molecule has 2 aliphatic rings. The van der Waals surface area contributed by atoms with E-state index >= 15 is 0 Å². The van der Waals surface area contributed by atoms with Gasteiger partial charge in [0.05, 0.1) is 0 Å². The Balaban J connectivity index is 2.19. The van der Waals surface area contributed by atoms with Crippen LogP contribution in [-0.2, 0) is 0 Å². The number of carbonyl (C=O) groups excluding carboxylic acids is 1. The normalized spacial score (nSPS) is 24.2. The Morgan fingerprint density at radius 2 is 2.18 bits per heavy atom. The van der Waals surface area contributed by atoms with Crippen molar-refractivity contribution in [2.45, 2.75) is 25.3 Å². The Morgan fingerprint density at radius 3 is 2.71 bits per heavy atom. The van der Waals surface area contributed by atoms with Gasteiger partial charge in [0.2, 0.25) is 0 Å². The van der Waals surface area contributed by atoms with Crippen LogP contribution >= 0.6 is 0 Å². The number of aliphatic imine (C=N–C) groups is 1. The predicted octanol–water partition coefficient (Wildman–Crippen LogP) is 0.820. The van der Waals surface area contributed by atoms with E-state index in [4.69, 9.17) is 5.73 Å². The van der Waals surface area contributed by atoms with Gasteiger partial charge in [-0.2, -0.15) is 4.99 Å². The molecular weight excluding hydrogens is 216 g/mol. The summed E-state index contributed by atoms with van der Waals surface area (Å²) in [6.07, 6.45) is 3.48. The third kappa shape index (κ3) is 1.84. The summed E-state index contributed by atoms with van der Waals surface area (Å²) < 4.78 is 0. The topological polar surface area (TPSA) is 61.9 Å². The van der Waals surface area contributed by atoms with Gasteiger partial charge in [0, 0.05) is 19.6 Å². The van der Waals surface area contributed by atoms with Crippen molar-refractivity contribution in [2.24, 2.45) is 10.7 Å². The largest absolute Gasteiger partial charge is 0.385 e. The summed E-state index contributed by atoms with van der Waals surface area (Å²) in [5.41, 5.74) is 5.63. The second-order valence-corrected chi connectivity index (χ2v) is 4.64. The van der Waals surface area contributed by atoms with Crippen LogP contribution in [0.4, 0.5) is 4.79 Å². The van der Waals surface area contributed by atoms with Crippen LogP contribution in [0.25, 0.3) is 0 Å². The number of piperidine rings is 1. The van der Waals surface area contributed by atoms with Crippen LogP contribution in [-0.4, -0.2) is 53.4 Å². The van der Waals surface area contributed by atoms with E-state index < -0.39 is 0 Å². The highest BCUT2D eigenvalue weighted by Gasteiger charge is 2.49. The van der Waals surface area contributed by atoms with Gasteiger partial charge in [-0.1, -0.05) is 13.0 Å². The van der Waals surface area contributed by atoms with Gasteiger partial charge >= 0.3 is 6.03 Å². The number of amides is 2. The summed E-state index contributed by atoms with van der Waals surface area (Å²) in [7, 11) is 0. The molecule has 2 aliphatic heterocycles. The number of likely N-dealkylation sites (tertiary alicyclic amines) is 1. The molecule has 0 aromatic carbocycles. The molecule has 2 N–H and O–H groups in total. The van der Waals surface area contributed by atoms with E-state index in [0.29, 0.717) is 12.4 Å². The Morgan fingerprint density at radius 1 is 1.53 bits per heavy atom. The fraction of sp³-hybridized carbons (Fsp3) is 0.667. The lowest BCUT2D eigenvalue weighted by Gasteiger charge is -2.43. The van der Waals surface area contributed by atoms with Gasteiger partial charge in [-0.05, 0) is 19.4 Å². The second-order valence-electron chi connectivity index (χ2n) is 4.64. The zero-order valence-electron chi connectivity index (χ0n) is 10.4. The summed E-state index contributed by atoms with van der Waals surface area (Å²) in [5, 5.41) is 0. The van der Waals surface area contributed by atoms with Crippen LogP contribution in [0.3, 0.4) is 0 Å². The van der Waals surface area contributed by atoms with Gasteiger partial charge in [0.25, 0.3) is 0 Å². The van der Waals surface area contributed by atoms with Gasteiger partial charge in [-0.25, -0.2) is 4.79 Å². The molecule has 2 rings (SSSR count). The first-order valence-corrected chi connectivity index (χ1v) is 6.13. The molecule has 0 saturated carbocycles. The van der Waals surface area contributed by atoms with E-state index in [9.17, 15) is 4.79 Å². The number of amidine groups is 1. The SMILES string of the molecule is C=CCN1C(=O)N=C(N)C12CCN(CC)CC2. The first-order valence-electron chi connectivity index (χ1n) is 6.13. The fourth-order valence-electron chi connectivity index (χ4n) is 2.74. The minimum atomic E-state index is -0.350. The number of nitrogens with zero attached hydrogens (tertiary/aromatic N) is 3. The smallest absolute Gasteiger partial charge is 0.346 e.